The molecule has 0 fully saturated rings. The van der Waals surface area contributed by atoms with Gasteiger partial charge in [-0.2, -0.15) is 0 Å². The molecule has 17 heavy (non-hydrogen) atoms. The average molecular weight is 254 g/mol. The number of halogens is 1. The van der Waals surface area contributed by atoms with Gasteiger partial charge in [-0.05, 0) is 31.0 Å². The van der Waals surface area contributed by atoms with E-state index in [0.29, 0.717) is 23.7 Å². The van der Waals surface area contributed by atoms with Crippen LogP contribution in [0.2, 0.25) is 0 Å². The number of nitrogen functional groups attached to an aromatic ring is 1. The number of anilines is 1. The van der Waals surface area contributed by atoms with Crippen LogP contribution in [0.4, 0.5) is 5.69 Å². The van der Waals surface area contributed by atoms with Crippen molar-refractivity contribution in [3.05, 3.63) is 35.4 Å². The first kappa shape index (κ1) is 13.6. The fraction of sp³-hybridized carbons (Fsp3) is 0.308. The van der Waals surface area contributed by atoms with Crippen molar-refractivity contribution in [3.8, 4) is 0 Å². The van der Waals surface area contributed by atoms with E-state index in [-0.39, 0.29) is 0 Å². The Balaban J connectivity index is 2.90. The molecule has 0 saturated heterocycles. The zero-order chi connectivity index (χ0) is 12.7. The molecule has 0 aliphatic heterocycles. The number of esters is 1. The minimum atomic E-state index is -0.391. The number of benzene rings is 1. The van der Waals surface area contributed by atoms with Crippen molar-refractivity contribution in [1.29, 1.82) is 0 Å². The first-order valence-corrected chi connectivity index (χ1v) is 6.01. The molecule has 0 unspecified atom stereocenters. The van der Waals surface area contributed by atoms with Crippen molar-refractivity contribution >= 4 is 29.3 Å². The summed E-state index contributed by atoms with van der Waals surface area (Å²) in [5.41, 5.74) is 7.47. The minimum Gasteiger partial charge on any atom is -0.462 e. The van der Waals surface area contributed by atoms with E-state index in [4.69, 9.17) is 22.1 Å². The summed E-state index contributed by atoms with van der Waals surface area (Å²) in [6.45, 7) is 2.10. The Morgan fingerprint density at radius 1 is 1.53 bits per heavy atom. The van der Waals surface area contributed by atoms with E-state index in [2.05, 4.69) is 0 Å². The average Bonchev–Trinajstić information content (AvgIpc) is 2.32. The third kappa shape index (κ3) is 4.11. The second kappa shape index (κ2) is 6.97. The summed E-state index contributed by atoms with van der Waals surface area (Å²) in [6, 6.07) is 5.27. The summed E-state index contributed by atoms with van der Waals surface area (Å²) in [5.74, 6) is 0.188. The third-order valence-corrected chi connectivity index (χ3v) is 2.38. The molecule has 0 saturated carbocycles. The van der Waals surface area contributed by atoms with E-state index in [1.54, 1.807) is 19.1 Å². The maximum atomic E-state index is 11.6. The quantitative estimate of drug-likeness (QED) is 0.498. The minimum absolute atomic E-state index is 0.338. The van der Waals surface area contributed by atoms with Crippen LogP contribution in [0.5, 0.6) is 0 Å². The van der Waals surface area contributed by atoms with Gasteiger partial charge < -0.3 is 10.5 Å². The summed E-state index contributed by atoms with van der Waals surface area (Å²) in [4.78, 5) is 11.6. The molecular formula is C13H16ClNO2. The number of alkyl halides is 1. The number of carbonyl (C=O) groups excluding carboxylic acids is 1. The third-order valence-electron chi connectivity index (χ3n) is 2.16. The van der Waals surface area contributed by atoms with Crippen LogP contribution in [-0.2, 0) is 4.74 Å². The van der Waals surface area contributed by atoms with E-state index in [9.17, 15) is 4.79 Å². The van der Waals surface area contributed by atoms with Crippen molar-refractivity contribution in [1.82, 2.24) is 0 Å². The fourth-order valence-corrected chi connectivity index (χ4v) is 1.47. The Morgan fingerprint density at radius 2 is 2.29 bits per heavy atom. The van der Waals surface area contributed by atoms with Crippen LogP contribution < -0.4 is 5.73 Å². The van der Waals surface area contributed by atoms with Crippen LogP contribution >= 0.6 is 11.6 Å². The van der Waals surface area contributed by atoms with E-state index >= 15 is 0 Å². The van der Waals surface area contributed by atoms with E-state index < -0.39 is 5.97 Å². The first-order chi connectivity index (χ1) is 8.19. The number of rotatable bonds is 5. The lowest BCUT2D eigenvalue weighted by atomic mass is 10.1. The normalized spacial score (nSPS) is 10.7. The first-order valence-electron chi connectivity index (χ1n) is 5.48. The van der Waals surface area contributed by atoms with E-state index in [1.165, 1.54) is 0 Å². The van der Waals surface area contributed by atoms with Crippen molar-refractivity contribution in [2.75, 3.05) is 18.2 Å². The van der Waals surface area contributed by atoms with Crippen LogP contribution in [-0.4, -0.2) is 18.5 Å². The van der Waals surface area contributed by atoms with Crippen LogP contribution in [0.25, 0.3) is 6.08 Å². The Labute approximate surface area is 106 Å². The van der Waals surface area contributed by atoms with E-state index in [0.717, 1.165) is 12.0 Å². The fourth-order valence-electron chi connectivity index (χ4n) is 1.35. The molecule has 0 radical (unpaired) electrons. The SMILES string of the molecule is CCOC(=O)c1cc(C=CCCCl)ccc1N. The topological polar surface area (TPSA) is 52.3 Å². The number of ether oxygens (including phenoxy) is 1. The number of allylic oxidation sites excluding steroid dienone is 1. The van der Waals surface area contributed by atoms with Crippen LogP contribution in [0, 0.1) is 0 Å². The van der Waals surface area contributed by atoms with Crippen molar-refractivity contribution < 1.29 is 9.53 Å². The summed E-state index contributed by atoms with van der Waals surface area (Å²) in [5, 5.41) is 0. The second-order valence-corrected chi connectivity index (χ2v) is 3.83. The van der Waals surface area contributed by atoms with Gasteiger partial charge in [0, 0.05) is 11.6 Å². The van der Waals surface area contributed by atoms with Gasteiger partial charge in [-0.25, -0.2) is 4.79 Å². The Bertz CT molecular complexity index is 416. The molecule has 92 valence electrons. The highest BCUT2D eigenvalue weighted by molar-refractivity contribution is 6.17. The molecule has 1 rings (SSSR count). The van der Waals surface area contributed by atoms with Gasteiger partial charge in [0.2, 0.25) is 0 Å². The summed E-state index contributed by atoms with van der Waals surface area (Å²) < 4.78 is 4.93. The highest BCUT2D eigenvalue weighted by Crippen LogP contribution is 2.16. The van der Waals surface area contributed by atoms with Gasteiger partial charge in [-0.1, -0.05) is 18.2 Å². The molecule has 0 heterocycles. The Hall–Kier alpha value is -1.48. The predicted octanol–water partition coefficient (Wildman–Crippen LogP) is 3.09. The lowest BCUT2D eigenvalue weighted by molar-refractivity contribution is 0.0527. The number of hydrogen-bond donors (Lipinski definition) is 1. The highest BCUT2D eigenvalue weighted by Gasteiger charge is 2.10. The predicted molar refractivity (Wildman–Crippen MR) is 71.2 cm³/mol. The molecule has 3 nitrogen and oxygen atoms in total. The maximum absolute atomic E-state index is 11.6. The Kier molecular flexibility index (Phi) is 5.57. The molecular weight excluding hydrogens is 238 g/mol. The summed E-state index contributed by atoms with van der Waals surface area (Å²) in [7, 11) is 0. The maximum Gasteiger partial charge on any atom is 0.340 e. The smallest absolute Gasteiger partial charge is 0.340 e. The van der Waals surface area contributed by atoms with Crippen LogP contribution in [0.1, 0.15) is 29.3 Å². The van der Waals surface area contributed by atoms with Crippen molar-refractivity contribution in [2.24, 2.45) is 0 Å². The van der Waals surface area contributed by atoms with Crippen LogP contribution in [0.3, 0.4) is 0 Å². The molecule has 1 aromatic rings. The molecule has 1 aromatic carbocycles. The summed E-state index contributed by atoms with van der Waals surface area (Å²) in [6.07, 6.45) is 4.65. The Morgan fingerprint density at radius 3 is 2.94 bits per heavy atom. The molecule has 0 aromatic heterocycles. The van der Waals surface area contributed by atoms with Gasteiger partial charge in [-0.15, -0.1) is 11.6 Å². The largest absolute Gasteiger partial charge is 0.462 e. The molecule has 0 atom stereocenters. The number of nitrogens with two attached hydrogens (primary N) is 1. The highest BCUT2D eigenvalue weighted by atomic mass is 35.5. The molecule has 4 heteroatoms. The van der Waals surface area contributed by atoms with Crippen molar-refractivity contribution in [3.63, 3.8) is 0 Å². The molecule has 0 aliphatic rings. The van der Waals surface area contributed by atoms with Gasteiger partial charge in [0.05, 0.1) is 12.2 Å². The van der Waals surface area contributed by atoms with Crippen molar-refractivity contribution in [2.45, 2.75) is 13.3 Å². The molecule has 2 N–H and O–H groups in total. The standard InChI is InChI=1S/C13H16ClNO2/c1-2-17-13(16)11-9-10(5-3-4-8-14)6-7-12(11)15/h3,5-7,9H,2,4,8,15H2,1H3. The number of carbonyl (C=O) groups is 1. The molecule has 0 amide bonds. The summed E-state index contributed by atoms with van der Waals surface area (Å²) >= 11 is 5.57. The van der Waals surface area contributed by atoms with Gasteiger partial charge >= 0.3 is 5.97 Å². The van der Waals surface area contributed by atoms with Gasteiger partial charge in [-0.3, -0.25) is 0 Å². The van der Waals surface area contributed by atoms with Crippen LogP contribution in [0.15, 0.2) is 24.3 Å². The lowest BCUT2D eigenvalue weighted by Gasteiger charge is -2.06. The van der Waals surface area contributed by atoms with Gasteiger partial charge in [0.15, 0.2) is 0 Å². The molecule has 0 spiro atoms. The zero-order valence-electron chi connectivity index (χ0n) is 9.78. The monoisotopic (exact) mass is 253 g/mol. The zero-order valence-corrected chi connectivity index (χ0v) is 10.5. The van der Waals surface area contributed by atoms with E-state index in [1.807, 2.05) is 18.2 Å². The molecule has 0 aliphatic carbocycles. The molecule has 0 bridgehead atoms. The second-order valence-electron chi connectivity index (χ2n) is 3.45. The number of hydrogen-bond acceptors (Lipinski definition) is 3. The van der Waals surface area contributed by atoms with Gasteiger partial charge in [0.25, 0.3) is 0 Å². The van der Waals surface area contributed by atoms with Gasteiger partial charge in [0.1, 0.15) is 0 Å². The lowest BCUT2D eigenvalue weighted by Crippen LogP contribution is -2.08.